The lowest BCUT2D eigenvalue weighted by atomic mass is 10.0. The van der Waals surface area contributed by atoms with Crippen LogP contribution in [-0.4, -0.2) is 11.5 Å². The first-order valence-electron chi connectivity index (χ1n) is 6.09. The molecule has 0 aliphatic rings. The van der Waals surface area contributed by atoms with E-state index in [1.807, 2.05) is 0 Å². The lowest BCUT2D eigenvalue weighted by molar-refractivity contribution is 0.538. The topological polar surface area (TPSA) is 24.9 Å². The summed E-state index contributed by atoms with van der Waals surface area (Å²) in [5, 5.41) is 6.81. The number of nitrogens with one attached hydrogen (secondary N) is 1. The van der Waals surface area contributed by atoms with E-state index in [2.05, 4.69) is 76.4 Å². The van der Waals surface area contributed by atoms with E-state index in [1.165, 1.54) is 9.13 Å². The van der Waals surface area contributed by atoms with Crippen molar-refractivity contribution < 1.29 is 0 Å². The number of thiazole rings is 1. The van der Waals surface area contributed by atoms with Gasteiger partial charge in [0.15, 0.2) is 0 Å². The molecule has 4 heteroatoms. The van der Waals surface area contributed by atoms with Gasteiger partial charge < -0.3 is 5.32 Å². The molecule has 0 radical (unpaired) electrons. The van der Waals surface area contributed by atoms with Crippen LogP contribution in [0.2, 0.25) is 0 Å². The third-order valence-electron chi connectivity index (χ3n) is 2.80. The second-order valence-electron chi connectivity index (χ2n) is 4.23. The molecule has 0 saturated heterocycles. The van der Waals surface area contributed by atoms with Crippen LogP contribution in [0.5, 0.6) is 0 Å². The zero-order chi connectivity index (χ0) is 13.0. The summed E-state index contributed by atoms with van der Waals surface area (Å²) in [6, 6.07) is 9.03. The Bertz CT molecular complexity index is 493. The van der Waals surface area contributed by atoms with E-state index < -0.39 is 0 Å². The summed E-state index contributed by atoms with van der Waals surface area (Å²) in [4.78, 5) is 4.60. The van der Waals surface area contributed by atoms with Crippen LogP contribution >= 0.6 is 33.9 Å². The first-order valence-corrected chi connectivity index (χ1v) is 8.04. The van der Waals surface area contributed by atoms with Crippen molar-refractivity contribution in [3.8, 4) is 0 Å². The van der Waals surface area contributed by atoms with Gasteiger partial charge in [-0.15, -0.1) is 11.3 Å². The van der Waals surface area contributed by atoms with Gasteiger partial charge in [0, 0.05) is 8.95 Å². The molecule has 1 aromatic heterocycles. The number of likely N-dealkylation sites (N-methyl/N-ethyl adjacent to an activating group) is 1. The van der Waals surface area contributed by atoms with Gasteiger partial charge in [-0.3, -0.25) is 0 Å². The molecule has 96 valence electrons. The quantitative estimate of drug-likeness (QED) is 0.804. The Labute approximate surface area is 126 Å². The molecule has 1 atom stereocenters. The Morgan fingerprint density at radius 3 is 2.61 bits per heavy atom. The number of hydrogen-bond donors (Lipinski definition) is 1. The van der Waals surface area contributed by atoms with Gasteiger partial charge >= 0.3 is 0 Å². The average Bonchev–Trinajstić information content (AvgIpc) is 2.78. The Hall–Kier alpha value is -0.460. The van der Waals surface area contributed by atoms with E-state index >= 15 is 0 Å². The summed E-state index contributed by atoms with van der Waals surface area (Å²) in [6.45, 7) is 5.16. The van der Waals surface area contributed by atoms with Gasteiger partial charge in [0.05, 0.1) is 16.7 Å². The van der Waals surface area contributed by atoms with Crippen molar-refractivity contribution in [2.24, 2.45) is 0 Å². The van der Waals surface area contributed by atoms with Crippen LogP contribution in [0.4, 0.5) is 0 Å². The number of aryl methyl sites for hydroxylation is 1. The number of rotatable bonds is 5. The molecule has 0 spiro atoms. The minimum Gasteiger partial charge on any atom is -0.309 e. The van der Waals surface area contributed by atoms with E-state index in [-0.39, 0.29) is 0 Å². The zero-order valence-corrected chi connectivity index (χ0v) is 13.6. The highest BCUT2D eigenvalue weighted by atomic mass is 127. The van der Waals surface area contributed by atoms with Gasteiger partial charge in [0.1, 0.15) is 0 Å². The summed E-state index contributed by atoms with van der Waals surface area (Å²) in [6.07, 6.45) is 0.994. The zero-order valence-electron chi connectivity index (χ0n) is 10.6. The van der Waals surface area contributed by atoms with Crippen molar-refractivity contribution in [2.45, 2.75) is 26.3 Å². The molecular formula is C14H17IN2S. The molecule has 1 aromatic carbocycles. The number of nitrogens with zero attached hydrogens (tertiary/aromatic N) is 1. The average molecular weight is 372 g/mol. The van der Waals surface area contributed by atoms with E-state index in [1.54, 1.807) is 11.3 Å². The Morgan fingerprint density at radius 1 is 1.33 bits per heavy atom. The molecule has 1 N–H and O–H groups in total. The van der Waals surface area contributed by atoms with Crippen molar-refractivity contribution in [2.75, 3.05) is 6.54 Å². The molecule has 1 heterocycles. The van der Waals surface area contributed by atoms with Crippen molar-refractivity contribution in [1.29, 1.82) is 0 Å². The first-order chi connectivity index (χ1) is 8.69. The maximum atomic E-state index is 4.60. The third kappa shape index (κ3) is 3.76. The smallest absolute Gasteiger partial charge is 0.0898 e. The highest BCUT2D eigenvalue weighted by Gasteiger charge is 2.13. The Balaban J connectivity index is 2.13. The van der Waals surface area contributed by atoms with Crippen molar-refractivity contribution in [1.82, 2.24) is 10.3 Å². The maximum Gasteiger partial charge on any atom is 0.0898 e. The molecule has 18 heavy (non-hydrogen) atoms. The number of hydrogen-bond acceptors (Lipinski definition) is 3. The number of halogens is 1. The van der Waals surface area contributed by atoms with Crippen LogP contribution in [0.3, 0.4) is 0 Å². The van der Waals surface area contributed by atoms with E-state index in [9.17, 15) is 0 Å². The van der Waals surface area contributed by atoms with Gasteiger partial charge in [0.2, 0.25) is 0 Å². The van der Waals surface area contributed by atoms with Gasteiger partial charge in [-0.2, -0.15) is 0 Å². The van der Waals surface area contributed by atoms with Crippen molar-refractivity contribution in [3.63, 3.8) is 0 Å². The fourth-order valence-electron chi connectivity index (χ4n) is 1.92. The molecule has 1 unspecified atom stereocenters. The molecule has 2 rings (SSSR count). The number of aromatic nitrogens is 1. The Morgan fingerprint density at radius 2 is 2.06 bits per heavy atom. The highest BCUT2D eigenvalue weighted by Crippen LogP contribution is 2.21. The second kappa shape index (κ2) is 6.63. The van der Waals surface area contributed by atoms with Gasteiger partial charge in [-0.1, -0.05) is 19.1 Å². The highest BCUT2D eigenvalue weighted by molar-refractivity contribution is 14.1. The van der Waals surface area contributed by atoms with Crippen LogP contribution < -0.4 is 5.32 Å². The van der Waals surface area contributed by atoms with E-state index in [4.69, 9.17) is 0 Å². The van der Waals surface area contributed by atoms with E-state index in [0.717, 1.165) is 23.7 Å². The fourth-order valence-corrected chi connectivity index (χ4v) is 2.95. The summed E-state index contributed by atoms with van der Waals surface area (Å²) >= 11 is 4.05. The first kappa shape index (κ1) is 14.0. The van der Waals surface area contributed by atoms with Gasteiger partial charge in [0.25, 0.3) is 0 Å². The lowest BCUT2D eigenvalue weighted by Gasteiger charge is -2.16. The maximum absolute atomic E-state index is 4.60. The Kier molecular flexibility index (Phi) is 5.14. The second-order valence-corrected chi connectivity index (χ2v) is 6.54. The van der Waals surface area contributed by atoms with Crippen LogP contribution in [0.15, 0.2) is 29.6 Å². The standard InChI is InChI=1S/C14H17IN2S/c1-3-16-13(14-9-18-10(2)17-14)8-11-4-6-12(15)7-5-11/h4-7,9,13,16H,3,8H2,1-2H3. The molecular weight excluding hydrogens is 355 g/mol. The van der Waals surface area contributed by atoms with Crippen molar-refractivity contribution >= 4 is 33.9 Å². The van der Waals surface area contributed by atoms with Crippen molar-refractivity contribution in [3.05, 3.63) is 49.5 Å². The summed E-state index contributed by atoms with van der Waals surface area (Å²) in [5.41, 5.74) is 2.52. The lowest BCUT2D eigenvalue weighted by Crippen LogP contribution is -2.23. The largest absolute Gasteiger partial charge is 0.309 e. The third-order valence-corrected chi connectivity index (χ3v) is 4.31. The van der Waals surface area contributed by atoms with Gasteiger partial charge in [-0.05, 0) is 60.2 Å². The molecule has 0 saturated carbocycles. The predicted molar refractivity (Wildman–Crippen MR) is 86.1 cm³/mol. The molecule has 0 bridgehead atoms. The molecule has 0 aliphatic carbocycles. The predicted octanol–water partition coefficient (Wildman–Crippen LogP) is 3.95. The van der Waals surface area contributed by atoms with Crippen LogP contribution in [0.1, 0.15) is 29.2 Å². The van der Waals surface area contributed by atoms with Crippen LogP contribution in [-0.2, 0) is 6.42 Å². The van der Waals surface area contributed by atoms with Crippen LogP contribution in [0, 0.1) is 10.5 Å². The van der Waals surface area contributed by atoms with Crippen LogP contribution in [0.25, 0.3) is 0 Å². The SMILES string of the molecule is CCNC(Cc1ccc(I)cc1)c1csc(C)n1. The molecule has 0 fully saturated rings. The number of benzene rings is 1. The summed E-state index contributed by atoms with van der Waals surface area (Å²) < 4.78 is 1.28. The molecule has 0 amide bonds. The summed E-state index contributed by atoms with van der Waals surface area (Å²) in [7, 11) is 0. The fraction of sp³-hybridized carbons (Fsp3) is 0.357. The molecule has 2 nitrogen and oxygen atoms in total. The molecule has 2 aromatic rings. The minimum absolute atomic E-state index is 0.319. The summed E-state index contributed by atoms with van der Waals surface area (Å²) in [5.74, 6) is 0. The molecule has 0 aliphatic heterocycles. The van der Waals surface area contributed by atoms with E-state index in [0.29, 0.717) is 6.04 Å². The monoisotopic (exact) mass is 372 g/mol. The normalized spacial score (nSPS) is 12.6. The van der Waals surface area contributed by atoms with Gasteiger partial charge in [-0.25, -0.2) is 4.98 Å². The minimum atomic E-state index is 0.319.